The Hall–Kier alpha value is -0.952. The van der Waals surface area contributed by atoms with Gasteiger partial charge in [0.2, 0.25) is 0 Å². The maximum Gasteiger partial charge on any atom is 0.0528 e. The van der Waals surface area contributed by atoms with Crippen molar-refractivity contribution in [1.82, 2.24) is 0 Å². The first-order chi connectivity index (χ1) is 15.4. The molecule has 0 spiro atoms. The first-order valence-electron chi connectivity index (χ1n) is 13.3. The summed E-state index contributed by atoms with van der Waals surface area (Å²) in [5.74, 6) is 0. The number of allylic oxidation sites excluding steroid dienone is 2. The van der Waals surface area contributed by atoms with Crippen molar-refractivity contribution in [2.24, 2.45) is 0 Å². The van der Waals surface area contributed by atoms with E-state index in [1.165, 1.54) is 24.0 Å². The summed E-state index contributed by atoms with van der Waals surface area (Å²) in [7, 11) is -6.43. The molecule has 2 aromatic rings. The van der Waals surface area contributed by atoms with Crippen LogP contribution < -0.4 is 0 Å². The zero-order valence-electron chi connectivity index (χ0n) is 24.2. The second-order valence-electron chi connectivity index (χ2n) is 14.8. The fourth-order valence-electron chi connectivity index (χ4n) is 8.29. The van der Waals surface area contributed by atoms with Crippen LogP contribution in [0, 0.1) is 0 Å². The fourth-order valence-corrected chi connectivity index (χ4v) is 33.9. The fraction of sp³-hybridized carbons (Fsp3) is 0.533. The Balaban J connectivity index is 2.72. The van der Waals surface area contributed by atoms with Crippen LogP contribution in [0.1, 0.15) is 24.0 Å². The first-order valence-corrected chi connectivity index (χ1v) is 27.3. The highest BCUT2D eigenvalue weighted by Gasteiger charge is 2.64. The van der Waals surface area contributed by atoms with Crippen molar-refractivity contribution >= 4 is 43.4 Å². The smallest absolute Gasteiger partial charge is 0.0528 e. The van der Waals surface area contributed by atoms with E-state index in [2.05, 4.69) is 139 Å². The zero-order valence-corrected chi connectivity index (χ0v) is 28.2. The molecule has 0 atom stereocenters. The van der Waals surface area contributed by atoms with E-state index in [1.54, 1.807) is 11.1 Å². The van der Waals surface area contributed by atoms with Gasteiger partial charge in [0.05, 0.1) is 32.3 Å². The predicted molar refractivity (Wildman–Crippen MR) is 168 cm³/mol. The van der Waals surface area contributed by atoms with Crippen LogP contribution in [0.4, 0.5) is 0 Å². The molecule has 1 aliphatic carbocycles. The third-order valence-electron chi connectivity index (χ3n) is 9.22. The van der Waals surface area contributed by atoms with Crippen molar-refractivity contribution in [1.29, 1.82) is 0 Å². The minimum absolute atomic E-state index is 0.343. The molecule has 0 unspecified atom stereocenters. The van der Waals surface area contributed by atoms with Crippen LogP contribution >= 0.6 is 0 Å². The summed E-state index contributed by atoms with van der Waals surface area (Å²) in [5, 5.41) is 0. The molecule has 2 aromatic carbocycles. The largest absolute Gasteiger partial charge is 0.0691 e. The molecule has 3 rings (SSSR count). The second-order valence-corrected chi connectivity index (χ2v) is 37.2. The lowest BCUT2D eigenvalue weighted by molar-refractivity contribution is 0.623. The van der Waals surface area contributed by atoms with Gasteiger partial charge in [-0.3, -0.25) is 0 Å². The molecule has 0 aromatic heterocycles. The average molecular weight is 523 g/mol. The van der Waals surface area contributed by atoms with E-state index < -0.39 is 32.3 Å². The molecular weight excluding hydrogens is 473 g/mol. The molecule has 34 heavy (non-hydrogen) atoms. The van der Waals surface area contributed by atoms with Crippen LogP contribution in [-0.2, 0) is 0 Å². The minimum Gasteiger partial charge on any atom is -0.0691 e. The van der Waals surface area contributed by atoms with Crippen LogP contribution in [0.2, 0.25) is 87.9 Å². The first kappa shape index (κ1) is 27.6. The van der Waals surface area contributed by atoms with E-state index in [9.17, 15) is 0 Å². The molecule has 0 N–H and O–H groups in total. The maximum atomic E-state index is 2.67. The summed E-state index contributed by atoms with van der Waals surface area (Å²) in [5.41, 5.74) is 6.56. The van der Waals surface area contributed by atoms with Crippen molar-refractivity contribution in [3.63, 3.8) is 0 Å². The number of hydrogen-bond donors (Lipinski definition) is 0. The summed E-state index contributed by atoms with van der Waals surface area (Å²) in [4.78, 5) is 0. The van der Waals surface area contributed by atoms with E-state index in [-0.39, 0.29) is 0 Å². The highest BCUT2D eigenvalue weighted by Crippen LogP contribution is 2.73. The van der Waals surface area contributed by atoms with Gasteiger partial charge in [-0.05, 0) is 44.4 Å². The van der Waals surface area contributed by atoms with Gasteiger partial charge in [0, 0.05) is 0 Å². The molecule has 186 valence electrons. The quantitative estimate of drug-likeness (QED) is 0.331. The van der Waals surface area contributed by atoms with Gasteiger partial charge in [-0.25, -0.2) is 0 Å². The Morgan fingerprint density at radius 1 is 0.412 bits per heavy atom. The van der Waals surface area contributed by atoms with Crippen LogP contribution in [0.15, 0.2) is 60.7 Å². The third kappa shape index (κ3) is 4.16. The number of benzene rings is 2. The molecule has 0 bridgehead atoms. The molecule has 0 nitrogen and oxygen atoms in total. The van der Waals surface area contributed by atoms with Crippen molar-refractivity contribution in [3.8, 4) is 0 Å². The number of hydrogen-bond acceptors (Lipinski definition) is 0. The molecule has 4 heteroatoms. The maximum absolute atomic E-state index is 2.67. The predicted octanol–water partition coefficient (Wildman–Crippen LogP) is 10.3. The lowest BCUT2D eigenvalue weighted by Gasteiger charge is -2.65. The lowest BCUT2D eigenvalue weighted by atomic mass is 9.81. The molecule has 0 saturated heterocycles. The van der Waals surface area contributed by atoms with E-state index in [0.717, 1.165) is 0 Å². The highest BCUT2D eigenvalue weighted by atomic mass is 28.4. The molecule has 0 radical (unpaired) electrons. The van der Waals surface area contributed by atoms with Gasteiger partial charge >= 0.3 is 0 Å². The topological polar surface area (TPSA) is 0 Å². The zero-order chi connectivity index (χ0) is 25.8. The summed E-state index contributed by atoms with van der Waals surface area (Å²) >= 11 is 0. The summed E-state index contributed by atoms with van der Waals surface area (Å²) in [6, 6.07) is 23.3. The van der Waals surface area contributed by atoms with Gasteiger partial charge in [-0.1, -0.05) is 139 Å². The molecule has 0 saturated carbocycles. The number of rotatable bonds is 6. The van der Waals surface area contributed by atoms with Gasteiger partial charge in [-0.2, -0.15) is 0 Å². The molecule has 0 heterocycles. The van der Waals surface area contributed by atoms with Crippen molar-refractivity contribution in [3.05, 3.63) is 71.8 Å². The Morgan fingerprint density at radius 2 is 0.647 bits per heavy atom. The normalized spacial score (nSPS) is 19.3. The molecule has 0 aliphatic heterocycles. The summed E-state index contributed by atoms with van der Waals surface area (Å²) in [6.45, 7) is 32.1. The van der Waals surface area contributed by atoms with Crippen LogP contribution in [0.3, 0.4) is 0 Å². The average Bonchev–Trinajstić information content (AvgIpc) is 2.70. The molecule has 1 aliphatic rings. The van der Waals surface area contributed by atoms with Gasteiger partial charge < -0.3 is 0 Å². The van der Waals surface area contributed by atoms with E-state index in [4.69, 9.17) is 0 Å². The van der Waals surface area contributed by atoms with Crippen LogP contribution in [0.25, 0.3) is 11.1 Å². The highest BCUT2D eigenvalue weighted by molar-refractivity contribution is 7.04. The van der Waals surface area contributed by atoms with Crippen LogP contribution in [-0.4, -0.2) is 32.3 Å². The minimum atomic E-state index is -1.61. The van der Waals surface area contributed by atoms with Gasteiger partial charge in [-0.15, -0.1) is 0 Å². The lowest BCUT2D eigenvalue weighted by Crippen LogP contribution is -2.62. The van der Waals surface area contributed by atoms with Gasteiger partial charge in [0.1, 0.15) is 0 Å². The van der Waals surface area contributed by atoms with Gasteiger partial charge in [0.15, 0.2) is 0 Å². The third-order valence-corrected chi connectivity index (χ3v) is 30.5. The SMILES string of the molecule is C[Si](C)(C)C1([Si](C)(C)C)CCC([Si](C)(C)C)([Si](C)(C)C)C(c2ccccc2)=C1c1ccccc1. The van der Waals surface area contributed by atoms with E-state index >= 15 is 0 Å². The second kappa shape index (κ2) is 8.86. The molecule has 0 fully saturated rings. The van der Waals surface area contributed by atoms with E-state index in [0.29, 0.717) is 9.32 Å². The van der Waals surface area contributed by atoms with Crippen molar-refractivity contribution in [2.75, 3.05) is 0 Å². The summed E-state index contributed by atoms with van der Waals surface area (Å²) in [6.07, 6.45) is 2.76. The van der Waals surface area contributed by atoms with Crippen LogP contribution in [0.5, 0.6) is 0 Å². The Morgan fingerprint density at radius 3 is 0.853 bits per heavy atom. The van der Waals surface area contributed by atoms with Crippen molar-refractivity contribution in [2.45, 2.75) is 101 Å². The van der Waals surface area contributed by atoms with Gasteiger partial charge in [0.25, 0.3) is 0 Å². The monoisotopic (exact) mass is 522 g/mol. The molecule has 0 amide bonds. The van der Waals surface area contributed by atoms with Crippen molar-refractivity contribution < 1.29 is 0 Å². The standard InChI is InChI=1S/C30H50Si4/c1-31(2,3)29(32(4,5)6)23-24-30(33(7,8)9,34(10,11)12)28(26-21-17-14-18-22-26)27(29)25-19-15-13-16-20-25/h13-22H,23-24H2,1-12H3. The Kier molecular flexibility index (Phi) is 7.20. The summed E-state index contributed by atoms with van der Waals surface area (Å²) < 4.78 is 0.685. The Labute approximate surface area is 215 Å². The molecular formula is C30H50Si4. The van der Waals surface area contributed by atoms with E-state index in [1.807, 2.05) is 0 Å². The Bertz CT molecular complexity index is 910.